The van der Waals surface area contributed by atoms with Crippen LogP contribution in [0.3, 0.4) is 0 Å². The van der Waals surface area contributed by atoms with E-state index in [4.69, 9.17) is 0 Å². The molecule has 2 N–H and O–H groups in total. The third-order valence-corrected chi connectivity index (χ3v) is 5.68. The molecule has 124 valence electrons. The van der Waals surface area contributed by atoms with Crippen LogP contribution in [0.15, 0.2) is 18.3 Å². The number of rotatable bonds is 5. The summed E-state index contributed by atoms with van der Waals surface area (Å²) in [6.45, 7) is 2.44. The molecule has 2 saturated heterocycles. The van der Waals surface area contributed by atoms with Crippen molar-refractivity contribution in [2.45, 2.75) is 44.6 Å². The second kappa shape index (κ2) is 4.78. The molecule has 2 aliphatic carbocycles. The van der Waals surface area contributed by atoms with Crippen LogP contribution in [-0.2, 0) is 4.79 Å². The van der Waals surface area contributed by atoms with E-state index >= 15 is 0 Å². The molecule has 2 bridgehead atoms. The highest BCUT2D eigenvalue weighted by Crippen LogP contribution is 2.53. The Morgan fingerprint density at radius 2 is 2.21 bits per heavy atom. The van der Waals surface area contributed by atoms with Gasteiger partial charge in [-0.2, -0.15) is 10.1 Å². The van der Waals surface area contributed by atoms with Crippen molar-refractivity contribution < 1.29 is 4.79 Å². The normalized spacial score (nSPS) is 27.9. The van der Waals surface area contributed by atoms with Gasteiger partial charge in [-0.05, 0) is 38.7 Å². The summed E-state index contributed by atoms with van der Waals surface area (Å²) < 4.78 is 0. The zero-order valence-corrected chi connectivity index (χ0v) is 13.6. The fourth-order valence-electron chi connectivity index (χ4n) is 3.97. The van der Waals surface area contributed by atoms with Crippen molar-refractivity contribution in [3.05, 3.63) is 24.0 Å². The summed E-state index contributed by atoms with van der Waals surface area (Å²) >= 11 is 0. The summed E-state index contributed by atoms with van der Waals surface area (Å²) in [6, 6.07) is 4.30. The lowest BCUT2D eigenvalue weighted by Crippen LogP contribution is -2.39. The first-order valence-electron chi connectivity index (χ1n) is 8.56. The molecule has 0 aromatic carbocycles. The van der Waals surface area contributed by atoms with Gasteiger partial charge >= 0.3 is 0 Å². The number of carbonyl (C=O) groups excluding carboxylic acids is 1. The van der Waals surface area contributed by atoms with Gasteiger partial charge in [0.25, 0.3) is 0 Å². The van der Waals surface area contributed by atoms with Gasteiger partial charge in [-0.3, -0.25) is 9.89 Å². The third kappa shape index (κ3) is 2.11. The summed E-state index contributed by atoms with van der Waals surface area (Å²) in [7, 11) is 0. The van der Waals surface area contributed by atoms with E-state index in [-0.39, 0.29) is 5.41 Å². The minimum Gasteiger partial charge on any atom is -0.337 e. The molecule has 2 aliphatic heterocycles. The Morgan fingerprint density at radius 3 is 2.92 bits per heavy atom. The van der Waals surface area contributed by atoms with Crippen molar-refractivity contribution in [1.29, 1.82) is 0 Å². The maximum absolute atomic E-state index is 11.9. The summed E-state index contributed by atoms with van der Waals surface area (Å²) in [5.41, 5.74) is 1.04. The second-order valence-corrected chi connectivity index (χ2v) is 7.38. The summed E-state index contributed by atoms with van der Waals surface area (Å²) in [5, 5.41) is 10.6. The Labute approximate surface area is 139 Å². The van der Waals surface area contributed by atoms with Crippen molar-refractivity contribution in [2.24, 2.45) is 5.41 Å². The van der Waals surface area contributed by atoms with Crippen LogP contribution in [0, 0.1) is 5.41 Å². The van der Waals surface area contributed by atoms with E-state index in [1.165, 1.54) is 18.5 Å². The lowest BCUT2D eigenvalue weighted by atomic mass is 9.68. The Bertz CT molecular complexity index is 805. The van der Waals surface area contributed by atoms with Gasteiger partial charge in [-0.25, -0.2) is 4.98 Å². The number of ketones is 1. The molecule has 2 aromatic rings. The highest BCUT2D eigenvalue weighted by molar-refractivity contribution is 5.86. The molecular formula is C17H20N6O. The minimum atomic E-state index is -0.154. The lowest BCUT2D eigenvalue weighted by Gasteiger charge is -2.34. The SMILES string of the molecule is CC(=O)C12CC(C1)N(c1nccc(Nc3cc(C4CC4)[nH]n3)n1)C2. The molecule has 0 atom stereocenters. The zero-order chi connectivity index (χ0) is 16.3. The smallest absolute Gasteiger partial charge is 0.227 e. The fourth-order valence-corrected chi connectivity index (χ4v) is 3.97. The van der Waals surface area contributed by atoms with Crippen LogP contribution in [0.4, 0.5) is 17.6 Å². The number of nitrogens with one attached hydrogen (secondary N) is 2. The Balaban J connectivity index is 1.34. The molecule has 0 spiro atoms. The van der Waals surface area contributed by atoms with Crippen molar-refractivity contribution in [3.63, 3.8) is 0 Å². The molecule has 0 unspecified atom stereocenters. The molecule has 7 nitrogen and oxygen atoms in total. The largest absolute Gasteiger partial charge is 0.337 e. The van der Waals surface area contributed by atoms with E-state index in [1.54, 1.807) is 13.1 Å². The number of carbonyl (C=O) groups is 1. The minimum absolute atomic E-state index is 0.154. The van der Waals surface area contributed by atoms with Gasteiger partial charge in [-0.15, -0.1) is 0 Å². The van der Waals surface area contributed by atoms with Crippen LogP contribution < -0.4 is 10.2 Å². The van der Waals surface area contributed by atoms with Crippen molar-refractivity contribution in [3.8, 4) is 0 Å². The first-order chi connectivity index (χ1) is 11.6. The monoisotopic (exact) mass is 324 g/mol. The quantitative estimate of drug-likeness (QED) is 0.878. The topological polar surface area (TPSA) is 86.8 Å². The van der Waals surface area contributed by atoms with Crippen LogP contribution >= 0.6 is 0 Å². The molecule has 0 radical (unpaired) electrons. The van der Waals surface area contributed by atoms with Gasteiger partial charge in [0.05, 0.1) is 5.41 Å². The molecule has 24 heavy (non-hydrogen) atoms. The van der Waals surface area contributed by atoms with Gasteiger partial charge in [0.2, 0.25) is 5.95 Å². The number of aromatic nitrogens is 4. The molecule has 2 aromatic heterocycles. The number of fused-ring (bicyclic) bond motifs is 1. The highest BCUT2D eigenvalue weighted by atomic mass is 16.1. The van der Waals surface area contributed by atoms with Crippen LogP contribution in [0.1, 0.15) is 44.2 Å². The standard InChI is InChI=1S/C17H20N6O/c1-10(24)17-7-12(8-17)23(9-17)16-18-5-4-14(20-16)19-15-6-13(21-22-15)11-2-3-11/h4-6,11-12H,2-3,7-9H2,1H3,(H2,18,19,20,21,22). The van der Waals surface area contributed by atoms with Gasteiger partial charge in [0.15, 0.2) is 5.82 Å². The first kappa shape index (κ1) is 13.9. The number of hydrogen-bond donors (Lipinski definition) is 2. The van der Waals surface area contributed by atoms with E-state index in [0.717, 1.165) is 31.0 Å². The Kier molecular flexibility index (Phi) is 2.78. The van der Waals surface area contributed by atoms with Gasteiger partial charge in [0, 0.05) is 36.5 Å². The Morgan fingerprint density at radius 1 is 1.38 bits per heavy atom. The molecule has 2 saturated carbocycles. The van der Waals surface area contributed by atoms with Crippen molar-refractivity contribution >= 4 is 23.4 Å². The average Bonchev–Trinajstić information content (AvgIpc) is 3.01. The van der Waals surface area contributed by atoms with E-state index in [1.807, 2.05) is 6.07 Å². The summed E-state index contributed by atoms with van der Waals surface area (Å²) in [6.07, 6.45) is 6.12. The number of nitrogens with zero attached hydrogens (tertiary/aromatic N) is 4. The predicted molar refractivity (Wildman–Crippen MR) is 89.4 cm³/mol. The highest BCUT2D eigenvalue weighted by Gasteiger charge is 2.58. The molecule has 4 aliphatic rings. The predicted octanol–water partition coefficient (Wildman–Crippen LogP) is 2.38. The maximum atomic E-state index is 11.9. The van der Waals surface area contributed by atoms with E-state index in [0.29, 0.717) is 23.7 Å². The molecule has 4 heterocycles. The van der Waals surface area contributed by atoms with Crippen LogP contribution in [-0.4, -0.2) is 38.5 Å². The van der Waals surface area contributed by atoms with Crippen LogP contribution in [0.25, 0.3) is 0 Å². The maximum Gasteiger partial charge on any atom is 0.227 e. The van der Waals surface area contributed by atoms with Gasteiger partial charge < -0.3 is 10.2 Å². The third-order valence-electron chi connectivity index (χ3n) is 5.68. The molecule has 7 heteroatoms. The first-order valence-corrected chi connectivity index (χ1v) is 8.56. The van der Waals surface area contributed by atoms with Gasteiger partial charge in [0.1, 0.15) is 11.6 Å². The van der Waals surface area contributed by atoms with Gasteiger partial charge in [-0.1, -0.05) is 0 Å². The number of Topliss-reactive ketones (excluding diaryl/α,β-unsaturated/α-hetero) is 1. The summed E-state index contributed by atoms with van der Waals surface area (Å²) in [4.78, 5) is 23.1. The summed E-state index contributed by atoms with van der Waals surface area (Å²) in [5.74, 6) is 3.15. The molecule has 6 rings (SSSR count). The van der Waals surface area contributed by atoms with Crippen LogP contribution in [0.2, 0.25) is 0 Å². The van der Waals surface area contributed by atoms with E-state index in [2.05, 4.69) is 36.4 Å². The average molecular weight is 324 g/mol. The number of H-pyrrole nitrogens is 1. The molecular weight excluding hydrogens is 304 g/mol. The van der Waals surface area contributed by atoms with Crippen LogP contribution in [0.5, 0.6) is 0 Å². The second-order valence-electron chi connectivity index (χ2n) is 7.38. The number of aromatic amines is 1. The molecule has 4 fully saturated rings. The molecule has 0 amide bonds. The fraction of sp³-hybridized carbons (Fsp3) is 0.529. The number of hydrogen-bond acceptors (Lipinski definition) is 6. The van der Waals surface area contributed by atoms with Crippen molar-refractivity contribution in [2.75, 3.05) is 16.8 Å². The van der Waals surface area contributed by atoms with E-state index in [9.17, 15) is 4.79 Å². The lowest BCUT2D eigenvalue weighted by molar-refractivity contribution is -0.128. The van der Waals surface area contributed by atoms with E-state index < -0.39 is 0 Å². The zero-order valence-electron chi connectivity index (χ0n) is 13.6. The Hall–Kier alpha value is -2.44. The number of anilines is 3. The van der Waals surface area contributed by atoms with Crippen molar-refractivity contribution in [1.82, 2.24) is 20.2 Å².